The summed E-state index contributed by atoms with van der Waals surface area (Å²) in [5, 5.41) is 11.1. The number of rotatable bonds is 8. The van der Waals surface area contributed by atoms with Crippen LogP contribution in [0.1, 0.15) is 39.4 Å². The van der Waals surface area contributed by atoms with Crippen molar-refractivity contribution in [3.63, 3.8) is 0 Å². The Morgan fingerprint density at radius 2 is 1.72 bits per heavy atom. The highest BCUT2D eigenvalue weighted by Crippen LogP contribution is 2.34. The van der Waals surface area contributed by atoms with Gasteiger partial charge in [-0.1, -0.05) is 35.5 Å². The SMILES string of the molecule is CCOC(=O)c1sc(NC(=O)Cn2nnc3sc(-c4ccccc4)cc3c2=O)c(C(=O)OCC)c1C. The number of carbonyl (C=O) groups excluding carboxylic acids is 3. The lowest BCUT2D eigenvalue weighted by molar-refractivity contribution is -0.117. The fourth-order valence-corrected chi connectivity index (χ4v) is 5.55. The number of fused-ring (bicyclic) bond motifs is 1. The molecule has 1 amide bonds. The summed E-state index contributed by atoms with van der Waals surface area (Å²) in [6.45, 7) is 4.74. The van der Waals surface area contributed by atoms with Gasteiger partial charge in [0, 0.05) is 4.88 Å². The number of carbonyl (C=O) groups is 3. The highest BCUT2D eigenvalue weighted by atomic mass is 32.1. The molecule has 0 saturated carbocycles. The van der Waals surface area contributed by atoms with Crippen molar-refractivity contribution in [2.24, 2.45) is 0 Å². The average Bonchev–Trinajstić information content (AvgIpc) is 3.43. The number of aromatic nitrogens is 3. The fraction of sp³-hybridized carbons (Fsp3) is 0.250. The van der Waals surface area contributed by atoms with Crippen molar-refractivity contribution < 1.29 is 23.9 Å². The molecule has 0 atom stereocenters. The first-order chi connectivity index (χ1) is 17.3. The Morgan fingerprint density at radius 3 is 2.42 bits per heavy atom. The molecular formula is C24H22N4O6S2. The topological polar surface area (TPSA) is 129 Å². The van der Waals surface area contributed by atoms with Crippen LogP contribution in [-0.4, -0.2) is 46.1 Å². The normalized spacial score (nSPS) is 10.9. The predicted octanol–water partition coefficient (Wildman–Crippen LogP) is 3.88. The summed E-state index contributed by atoms with van der Waals surface area (Å²) in [5.74, 6) is -1.90. The molecule has 12 heteroatoms. The van der Waals surface area contributed by atoms with Gasteiger partial charge < -0.3 is 14.8 Å². The van der Waals surface area contributed by atoms with Gasteiger partial charge in [-0.05, 0) is 38.0 Å². The molecule has 0 aliphatic carbocycles. The van der Waals surface area contributed by atoms with Gasteiger partial charge in [-0.2, -0.15) is 0 Å². The van der Waals surface area contributed by atoms with Crippen LogP contribution in [0.2, 0.25) is 0 Å². The van der Waals surface area contributed by atoms with Gasteiger partial charge in [0.15, 0.2) is 4.83 Å². The minimum absolute atomic E-state index is 0.0671. The molecule has 3 aromatic heterocycles. The Morgan fingerprint density at radius 1 is 1.03 bits per heavy atom. The van der Waals surface area contributed by atoms with Crippen LogP contribution in [0.5, 0.6) is 0 Å². The van der Waals surface area contributed by atoms with Crippen molar-refractivity contribution in [1.82, 2.24) is 15.0 Å². The van der Waals surface area contributed by atoms with Gasteiger partial charge in [0.05, 0.1) is 24.2 Å². The molecule has 0 spiro atoms. The minimum Gasteiger partial charge on any atom is -0.462 e. The van der Waals surface area contributed by atoms with Crippen LogP contribution in [0.25, 0.3) is 20.7 Å². The second kappa shape index (κ2) is 10.8. The predicted molar refractivity (Wildman–Crippen MR) is 137 cm³/mol. The van der Waals surface area contributed by atoms with Crippen LogP contribution in [0.4, 0.5) is 5.00 Å². The third kappa shape index (κ3) is 5.04. The minimum atomic E-state index is -0.679. The maximum atomic E-state index is 13.0. The summed E-state index contributed by atoms with van der Waals surface area (Å²) in [4.78, 5) is 52.2. The van der Waals surface area contributed by atoms with Crippen molar-refractivity contribution in [1.29, 1.82) is 0 Å². The van der Waals surface area contributed by atoms with Crippen LogP contribution in [0.3, 0.4) is 0 Å². The van der Waals surface area contributed by atoms with E-state index in [1.54, 1.807) is 26.8 Å². The van der Waals surface area contributed by atoms with E-state index in [4.69, 9.17) is 9.47 Å². The summed E-state index contributed by atoms with van der Waals surface area (Å²) < 4.78 is 11.1. The van der Waals surface area contributed by atoms with E-state index in [1.807, 2.05) is 30.3 Å². The largest absolute Gasteiger partial charge is 0.462 e. The van der Waals surface area contributed by atoms with Crippen molar-refractivity contribution in [2.45, 2.75) is 27.3 Å². The number of nitrogens with one attached hydrogen (secondary N) is 1. The number of hydrogen-bond donors (Lipinski definition) is 1. The lowest BCUT2D eigenvalue weighted by Crippen LogP contribution is -2.30. The van der Waals surface area contributed by atoms with Crippen LogP contribution in [0.15, 0.2) is 41.2 Å². The maximum Gasteiger partial charge on any atom is 0.348 e. The number of esters is 2. The number of benzene rings is 1. The van der Waals surface area contributed by atoms with Crippen molar-refractivity contribution >= 4 is 55.7 Å². The molecule has 4 aromatic rings. The number of amides is 1. The van der Waals surface area contributed by atoms with E-state index in [2.05, 4.69) is 15.6 Å². The van der Waals surface area contributed by atoms with Crippen LogP contribution in [-0.2, 0) is 20.8 Å². The molecule has 186 valence electrons. The molecule has 3 heterocycles. The van der Waals surface area contributed by atoms with Crippen molar-refractivity contribution in [2.75, 3.05) is 18.5 Å². The molecule has 1 aromatic carbocycles. The quantitative estimate of drug-likeness (QED) is 0.343. The summed E-state index contributed by atoms with van der Waals surface area (Å²) in [5.41, 5.74) is 0.893. The third-order valence-corrected chi connectivity index (χ3v) is 7.37. The van der Waals surface area contributed by atoms with Gasteiger partial charge in [0.25, 0.3) is 5.56 Å². The Labute approximate surface area is 213 Å². The summed E-state index contributed by atoms with van der Waals surface area (Å²) in [7, 11) is 0. The van der Waals surface area contributed by atoms with Crippen LogP contribution < -0.4 is 10.9 Å². The van der Waals surface area contributed by atoms with Gasteiger partial charge in [-0.25, -0.2) is 14.3 Å². The Hall–Kier alpha value is -3.90. The Kier molecular flexibility index (Phi) is 7.55. The second-order valence-corrected chi connectivity index (χ2v) is 9.55. The van der Waals surface area contributed by atoms with Gasteiger partial charge in [0.2, 0.25) is 5.91 Å². The molecular weight excluding hydrogens is 504 g/mol. The average molecular weight is 527 g/mol. The summed E-state index contributed by atoms with van der Waals surface area (Å²) in [6.07, 6.45) is 0. The molecule has 0 aliphatic rings. The molecule has 0 unspecified atom stereocenters. The molecule has 36 heavy (non-hydrogen) atoms. The first-order valence-electron chi connectivity index (χ1n) is 11.0. The van der Waals surface area contributed by atoms with E-state index in [0.29, 0.717) is 15.8 Å². The zero-order valence-corrected chi connectivity index (χ0v) is 21.3. The maximum absolute atomic E-state index is 13.0. The number of thiophene rings is 2. The van der Waals surface area contributed by atoms with E-state index in [9.17, 15) is 19.2 Å². The second-order valence-electron chi connectivity index (χ2n) is 7.50. The number of anilines is 1. The van der Waals surface area contributed by atoms with E-state index in [0.717, 1.165) is 26.5 Å². The van der Waals surface area contributed by atoms with E-state index in [-0.39, 0.29) is 28.7 Å². The Balaban J connectivity index is 1.61. The molecule has 10 nitrogen and oxygen atoms in total. The van der Waals surface area contributed by atoms with E-state index >= 15 is 0 Å². The third-order valence-electron chi connectivity index (χ3n) is 5.11. The van der Waals surface area contributed by atoms with Gasteiger partial charge in [0.1, 0.15) is 16.4 Å². The molecule has 1 N–H and O–H groups in total. The van der Waals surface area contributed by atoms with Crippen LogP contribution in [0, 0.1) is 6.92 Å². The van der Waals surface area contributed by atoms with E-state index in [1.165, 1.54) is 11.3 Å². The van der Waals surface area contributed by atoms with Crippen molar-refractivity contribution in [3.05, 3.63) is 62.8 Å². The fourth-order valence-electron chi connectivity index (χ4n) is 3.48. The highest BCUT2D eigenvalue weighted by Gasteiger charge is 2.27. The molecule has 0 radical (unpaired) electrons. The zero-order chi connectivity index (χ0) is 25.8. The zero-order valence-electron chi connectivity index (χ0n) is 19.7. The lowest BCUT2D eigenvalue weighted by Gasteiger charge is -2.07. The summed E-state index contributed by atoms with van der Waals surface area (Å²) >= 11 is 2.24. The molecule has 0 aliphatic heterocycles. The van der Waals surface area contributed by atoms with Crippen LogP contribution >= 0.6 is 22.7 Å². The Bertz CT molecular complexity index is 1510. The molecule has 0 bridgehead atoms. The number of nitrogens with zero attached hydrogens (tertiary/aromatic N) is 3. The van der Waals surface area contributed by atoms with Gasteiger partial charge >= 0.3 is 11.9 Å². The molecule has 0 fully saturated rings. The standard InChI is InChI=1S/C24H22N4O6S2/c1-4-33-23(31)18-13(3)19(24(32)34-5-2)36-21(18)25-17(29)12-28-22(30)15-11-16(35-20(15)26-27-28)14-9-7-6-8-10-14/h6-11H,4-5,12H2,1-3H3,(H,25,29). The monoisotopic (exact) mass is 526 g/mol. The molecule has 4 rings (SSSR count). The van der Waals surface area contributed by atoms with Gasteiger partial charge in [-0.15, -0.1) is 27.8 Å². The smallest absolute Gasteiger partial charge is 0.348 e. The first kappa shape index (κ1) is 25.2. The van der Waals surface area contributed by atoms with E-state index < -0.39 is 29.9 Å². The molecule has 0 saturated heterocycles. The van der Waals surface area contributed by atoms with Gasteiger partial charge in [-0.3, -0.25) is 9.59 Å². The summed E-state index contributed by atoms with van der Waals surface area (Å²) in [6, 6.07) is 11.3. The number of ether oxygens (including phenoxy) is 2. The lowest BCUT2D eigenvalue weighted by atomic mass is 10.1. The highest BCUT2D eigenvalue weighted by molar-refractivity contribution is 7.21. The first-order valence-corrected chi connectivity index (χ1v) is 12.7. The van der Waals surface area contributed by atoms with Crippen molar-refractivity contribution in [3.8, 4) is 10.4 Å². The number of hydrogen-bond acceptors (Lipinski definition) is 10.